The fraction of sp³-hybridized carbons (Fsp3) is 0.935. The highest BCUT2D eigenvalue weighted by Crippen LogP contribution is 2.14. The Labute approximate surface area is 218 Å². The summed E-state index contributed by atoms with van der Waals surface area (Å²) in [6, 6.07) is 0. The smallest absolute Gasteiger partial charge is 0.306 e. The van der Waals surface area contributed by atoms with E-state index in [1.54, 1.807) is 0 Å². The fourth-order valence-corrected chi connectivity index (χ4v) is 4.47. The number of hydrogen-bond acceptors (Lipinski definition) is 4. The van der Waals surface area contributed by atoms with Crippen molar-refractivity contribution in [1.29, 1.82) is 0 Å². The Bertz CT molecular complexity index is 463. The second-order valence-electron chi connectivity index (χ2n) is 10.4. The maximum Gasteiger partial charge on any atom is 0.306 e. The van der Waals surface area contributed by atoms with Gasteiger partial charge in [-0.15, -0.1) is 0 Å². The van der Waals surface area contributed by atoms with Crippen LogP contribution in [-0.2, 0) is 19.1 Å². The minimum absolute atomic E-state index is 0.0483. The Morgan fingerprint density at radius 3 is 1.40 bits per heavy atom. The van der Waals surface area contributed by atoms with Crippen molar-refractivity contribution in [2.45, 2.75) is 181 Å². The van der Waals surface area contributed by atoms with Gasteiger partial charge in [-0.3, -0.25) is 9.59 Å². The summed E-state index contributed by atoms with van der Waals surface area (Å²) in [5.41, 5.74) is 0. The molecule has 0 N–H and O–H groups in total. The van der Waals surface area contributed by atoms with Crippen molar-refractivity contribution in [3.8, 4) is 0 Å². The summed E-state index contributed by atoms with van der Waals surface area (Å²) in [4.78, 5) is 23.8. The number of carbonyl (C=O) groups is 2. The number of hydrogen-bond donors (Lipinski definition) is 0. The van der Waals surface area contributed by atoms with Crippen molar-refractivity contribution in [3.63, 3.8) is 0 Å². The monoisotopic (exact) mass is 496 g/mol. The van der Waals surface area contributed by atoms with E-state index in [9.17, 15) is 9.59 Å². The first-order chi connectivity index (χ1) is 17.1. The van der Waals surface area contributed by atoms with Crippen molar-refractivity contribution in [3.05, 3.63) is 0 Å². The Morgan fingerprint density at radius 2 is 0.943 bits per heavy atom. The van der Waals surface area contributed by atoms with Crippen LogP contribution >= 0.6 is 0 Å². The second kappa shape index (κ2) is 27.5. The quantitative estimate of drug-likeness (QED) is 0.0838. The van der Waals surface area contributed by atoms with Crippen LogP contribution in [0.4, 0.5) is 0 Å². The third kappa shape index (κ3) is 25.8. The number of ether oxygens (including phenoxy) is 2. The fourth-order valence-electron chi connectivity index (χ4n) is 4.47. The molecule has 0 aliphatic heterocycles. The average molecular weight is 497 g/mol. The van der Waals surface area contributed by atoms with E-state index in [1.165, 1.54) is 89.9 Å². The first kappa shape index (κ1) is 33.9. The number of unbranched alkanes of at least 4 members (excludes halogenated alkanes) is 17. The molecule has 0 saturated carbocycles. The van der Waals surface area contributed by atoms with Crippen LogP contribution in [0, 0.1) is 0 Å². The van der Waals surface area contributed by atoms with Crippen molar-refractivity contribution >= 4 is 11.9 Å². The van der Waals surface area contributed by atoms with Gasteiger partial charge in [0.2, 0.25) is 0 Å². The molecule has 0 spiro atoms. The molecule has 0 aromatic rings. The SMILES string of the molecule is CCCCCCCCCCCCCCCCCCOC(=O)CCCCC(=O)OC(CC)CCCC. The summed E-state index contributed by atoms with van der Waals surface area (Å²) >= 11 is 0. The highest BCUT2D eigenvalue weighted by Gasteiger charge is 2.12. The van der Waals surface area contributed by atoms with Gasteiger partial charge >= 0.3 is 11.9 Å². The lowest BCUT2D eigenvalue weighted by atomic mass is 10.0. The molecular weight excluding hydrogens is 436 g/mol. The van der Waals surface area contributed by atoms with E-state index < -0.39 is 0 Å². The Kier molecular flexibility index (Phi) is 26.7. The standard InChI is InChI=1S/C31H60O4/c1-4-7-9-10-11-12-13-14-15-16-17-18-19-20-21-24-28-34-30(32)26-22-23-27-31(33)35-29(6-3)25-8-5-2/h29H,4-28H2,1-3H3. The third-order valence-electron chi connectivity index (χ3n) is 6.91. The molecule has 1 unspecified atom stereocenters. The summed E-state index contributed by atoms with van der Waals surface area (Å²) in [6.07, 6.45) is 27.8. The maximum atomic E-state index is 11.9. The van der Waals surface area contributed by atoms with Gasteiger partial charge in [0.1, 0.15) is 6.10 Å². The molecule has 0 aliphatic carbocycles. The lowest BCUT2D eigenvalue weighted by Crippen LogP contribution is -2.17. The minimum Gasteiger partial charge on any atom is -0.466 e. The molecule has 1 atom stereocenters. The second-order valence-corrected chi connectivity index (χ2v) is 10.4. The predicted octanol–water partition coefficient (Wildman–Crippen LogP) is 9.86. The topological polar surface area (TPSA) is 52.6 Å². The zero-order valence-electron chi connectivity index (χ0n) is 23.9. The molecule has 35 heavy (non-hydrogen) atoms. The van der Waals surface area contributed by atoms with Crippen molar-refractivity contribution in [1.82, 2.24) is 0 Å². The van der Waals surface area contributed by atoms with E-state index >= 15 is 0 Å². The number of carbonyl (C=O) groups excluding carboxylic acids is 2. The summed E-state index contributed by atoms with van der Waals surface area (Å²) in [6.45, 7) is 7.02. The zero-order chi connectivity index (χ0) is 25.8. The molecule has 0 rings (SSSR count). The molecule has 4 nitrogen and oxygen atoms in total. The molecule has 4 heteroatoms. The van der Waals surface area contributed by atoms with Gasteiger partial charge in [-0.2, -0.15) is 0 Å². The molecule has 0 aromatic carbocycles. The normalized spacial score (nSPS) is 12.0. The molecular formula is C31H60O4. The molecule has 0 bridgehead atoms. The molecule has 0 aromatic heterocycles. The molecule has 0 amide bonds. The zero-order valence-corrected chi connectivity index (χ0v) is 23.9. The summed E-state index contributed by atoms with van der Waals surface area (Å²) in [5.74, 6) is -0.261. The van der Waals surface area contributed by atoms with Crippen LogP contribution in [-0.4, -0.2) is 24.6 Å². The number of rotatable bonds is 27. The molecule has 0 heterocycles. The van der Waals surface area contributed by atoms with E-state index in [0.29, 0.717) is 32.3 Å². The summed E-state index contributed by atoms with van der Waals surface area (Å²) in [5, 5.41) is 0. The van der Waals surface area contributed by atoms with Crippen LogP contribution in [0.3, 0.4) is 0 Å². The average Bonchev–Trinajstić information content (AvgIpc) is 2.86. The highest BCUT2D eigenvalue weighted by atomic mass is 16.5. The lowest BCUT2D eigenvalue weighted by Gasteiger charge is -2.15. The first-order valence-corrected chi connectivity index (χ1v) is 15.5. The van der Waals surface area contributed by atoms with Gasteiger partial charge < -0.3 is 9.47 Å². The third-order valence-corrected chi connectivity index (χ3v) is 6.91. The molecule has 0 fully saturated rings. The predicted molar refractivity (Wildman–Crippen MR) is 149 cm³/mol. The largest absolute Gasteiger partial charge is 0.466 e. The van der Waals surface area contributed by atoms with Crippen molar-refractivity contribution < 1.29 is 19.1 Å². The van der Waals surface area contributed by atoms with Gasteiger partial charge in [0.15, 0.2) is 0 Å². The first-order valence-electron chi connectivity index (χ1n) is 15.5. The Morgan fingerprint density at radius 1 is 0.514 bits per heavy atom. The van der Waals surface area contributed by atoms with E-state index in [2.05, 4.69) is 20.8 Å². The van der Waals surface area contributed by atoms with Crippen LogP contribution in [0.15, 0.2) is 0 Å². The Balaban J connectivity index is 3.34. The molecule has 0 aliphatic rings. The number of esters is 2. The lowest BCUT2D eigenvalue weighted by molar-refractivity contribution is -0.150. The van der Waals surface area contributed by atoms with Crippen LogP contribution < -0.4 is 0 Å². The van der Waals surface area contributed by atoms with E-state index in [4.69, 9.17) is 9.47 Å². The van der Waals surface area contributed by atoms with Gasteiger partial charge in [0.05, 0.1) is 6.61 Å². The van der Waals surface area contributed by atoms with Crippen LogP contribution in [0.5, 0.6) is 0 Å². The van der Waals surface area contributed by atoms with E-state index in [1.807, 2.05) is 0 Å². The maximum absolute atomic E-state index is 11.9. The molecule has 208 valence electrons. The van der Waals surface area contributed by atoms with Crippen molar-refractivity contribution in [2.75, 3.05) is 6.61 Å². The van der Waals surface area contributed by atoms with Gasteiger partial charge in [0.25, 0.3) is 0 Å². The van der Waals surface area contributed by atoms with Gasteiger partial charge in [-0.1, -0.05) is 130 Å². The van der Waals surface area contributed by atoms with Crippen LogP contribution in [0.1, 0.15) is 175 Å². The summed E-state index contributed by atoms with van der Waals surface area (Å²) in [7, 11) is 0. The minimum atomic E-state index is -0.131. The van der Waals surface area contributed by atoms with Gasteiger partial charge in [0, 0.05) is 12.8 Å². The van der Waals surface area contributed by atoms with Crippen LogP contribution in [0.2, 0.25) is 0 Å². The van der Waals surface area contributed by atoms with E-state index in [0.717, 1.165) is 38.5 Å². The van der Waals surface area contributed by atoms with Gasteiger partial charge in [-0.25, -0.2) is 0 Å². The van der Waals surface area contributed by atoms with Gasteiger partial charge in [-0.05, 0) is 32.1 Å². The highest BCUT2D eigenvalue weighted by molar-refractivity contribution is 5.70. The molecule has 0 radical (unpaired) electrons. The van der Waals surface area contributed by atoms with E-state index in [-0.39, 0.29) is 18.0 Å². The van der Waals surface area contributed by atoms with Crippen molar-refractivity contribution in [2.24, 2.45) is 0 Å². The Hall–Kier alpha value is -1.06. The summed E-state index contributed by atoms with van der Waals surface area (Å²) < 4.78 is 10.9. The van der Waals surface area contributed by atoms with Crippen LogP contribution in [0.25, 0.3) is 0 Å². The molecule has 0 saturated heterocycles.